The Hall–Kier alpha value is -1.42. The number of halogens is 1. The number of methoxy groups -OCH3 is 1. The predicted molar refractivity (Wildman–Crippen MR) is 74.0 cm³/mol. The summed E-state index contributed by atoms with van der Waals surface area (Å²) in [6.45, 7) is 0. The van der Waals surface area contributed by atoms with E-state index >= 15 is 0 Å². The van der Waals surface area contributed by atoms with Crippen LogP contribution in [0.3, 0.4) is 0 Å². The molecule has 0 spiro atoms. The maximum absolute atomic E-state index is 12.2. The van der Waals surface area contributed by atoms with Gasteiger partial charge >= 0.3 is 0 Å². The fourth-order valence-corrected chi connectivity index (χ4v) is 2.71. The molecule has 0 aromatic heterocycles. The topological polar surface area (TPSA) is 58.6 Å². The summed E-state index contributed by atoms with van der Waals surface area (Å²) in [7, 11) is 1.45. The molecular weight excluding hydrogens is 266 g/mol. The highest BCUT2D eigenvalue weighted by Crippen LogP contribution is 2.30. The average molecular weight is 284 g/mol. The number of aromatic hydroxyl groups is 1. The molecule has 2 atom stereocenters. The first-order chi connectivity index (χ1) is 9.13. The van der Waals surface area contributed by atoms with E-state index < -0.39 is 0 Å². The summed E-state index contributed by atoms with van der Waals surface area (Å²) in [6, 6.07) is 4.82. The van der Waals surface area contributed by atoms with Gasteiger partial charge in [0.1, 0.15) is 0 Å². The molecule has 4 nitrogen and oxygen atoms in total. The van der Waals surface area contributed by atoms with Crippen LogP contribution in [0.1, 0.15) is 36.0 Å². The summed E-state index contributed by atoms with van der Waals surface area (Å²) >= 11 is 6.21. The van der Waals surface area contributed by atoms with E-state index in [-0.39, 0.29) is 28.6 Å². The van der Waals surface area contributed by atoms with Gasteiger partial charge in [-0.1, -0.05) is 18.9 Å². The Kier molecular flexibility index (Phi) is 4.53. The third-order valence-electron chi connectivity index (χ3n) is 3.46. The largest absolute Gasteiger partial charge is 0.504 e. The SMILES string of the molecule is COc1cccc(C(=O)NC2CCCCC2Cl)c1O. The first-order valence-electron chi connectivity index (χ1n) is 6.44. The van der Waals surface area contributed by atoms with Gasteiger partial charge in [-0.2, -0.15) is 0 Å². The van der Waals surface area contributed by atoms with Gasteiger partial charge in [0.2, 0.25) is 0 Å². The van der Waals surface area contributed by atoms with Gasteiger partial charge in [-0.25, -0.2) is 0 Å². The number of amides is 1. The Balaban J connectivity index is 2.11. The van der Waals surface area contributed by atoms with E-state index in [2.05, 4.69) is 5.32 Å². The summed E-state index contributed by atoms with van der Waals surface area (Å²) in [6.07, 6.45) is 3.96. The van der Waals surface area contributed by atoms with Gasteiger partial charge in [0.05, 0.1) is 18.1 Å². The first-order valence-corrected chi connectivity index (χ1v) is 6.88. The zero-order valence-electron chi connectivity index (χ0n) is 10.9. The first kappa shape index (κ1) is 14.0. The van der Waals surface area contributed by atoms with Crippen molar-refractivity contribution in [3.8, 4) is 11.5 Å². The van der Waals surface area contributed by atoms with Gasteiger partial charge in [-0.15, -0.1) is 11.6 Å². The lowest BCUT2D eigenvalue weighted by Gasteiger charge is -2.28. The second-order valence-electron chi connectivity index (χ2n) is 4.74. The molecule has 1 aliphatic rings. The number of carbonyl (C=O) groups is 1. The molecular formula is C14H18ClNO3. The molecule has 1 aromatic carbocycles. The molecule has 0 radical (unpaired) electrons. The summed E-state index contributed by atoms with van der Waals surface area (Å²) in [5.74, 6) is -0.155. The summed E-state index contributed by atoms with van der Waals surface area (Å²) in [5, 5.41) is 12.8. The third kappa shape index (κ3) is 3.13. The Morgan fingerprint density at radius 2 is 2.16 bits per heavy atom. The zero-order chi connectivity index (χ0) is 13.8. The number of phenolic OH excluding ortho intramolecular Hbond substituents is 1. The van der Waals surface area contributed by atoms with Gasteiger partial charge in [0.15, 0.2) is 11.5 Å². The molecule has 5 heteroatoms. The Morgan fingerprint density at radius 1 is 1.42 bits per heavy atom. The molecule has 1 amide bonds. The summed E-state index contributed by atoms with van der Waals surface area (Å²) in [5.41, 5.74) is 0.216. The predicted octanol–water partition coefficient (Wildman–Crippen LogP) is 2.68. The van der Waals surface area contributed by atoms with Crippen LogP contribution in [0.2, 0.25) is 0 Å². The van der Waals surface area contributed by atoms with Gasteiger partial charge in [-0.05, 0) is 25.0 Å². The van der Waals surface area contributed by atoms with Crippen molar-refractivity contribution in [2.75, 3.05) is 7.11 Å². The lowest BCUT2D eigenvalue weighted by atomic mass is 9.94. The highest BCUT2D eigenvalue weighted by molar-refractivity contribution is 6.21. The minimum absolute atomic E-state index is 0.0338. The molecule has 1 saturated carbocycles. The lowest BCUT2D eigenvalue weighted by Crippen LogP contribution is -2.42. The second kappa shape index (κ2) is 6.15. The highest BCUT2D eigenvalue weighted by atomic mass is 35.5. The van der Waals surface area contributed by atoms with Crippen molar-refractivity contribution in [1.29, 1.82) is 0 Å². The molecule has 0 bridgehead atoms. The summed E-state index contributed by atoms with van der Waals surface area (Å²) in [4.78, 5) is 12.2. The molecule has 1 aliphatic carbocycles. The van der Waals surface area contributed by atoms with E-state index in [1.165, 1.54) is 7.11 Å². The van der Waals surface area contributed by atoms with E-state index in [1.54, 1.807) is 18.2 Å². The number of benzene rings is 1. The molecule has 1 fully saturated rings. The molecule has 0 aliphatic heterocycles. The van der Waals surface area contributed by atoms with Crippen LogP contribution in [0.25, 0.3) is 0 Å². The zero-order valence-corrected chi connectivity index (χ0v) is 11.6. The number of hydrogen-bond donors (Lipinski definition) is 2. The van der Waals surface area contributed by atoms with Crippen molar-refractivity contribution >= 4 is 17.5 Å². The number of alkyl halides is 1. The van der Waals surface area contributed by atoms with E-state index in [0.29, 0.717) is 5.75 Å². The molecule has 0 heterocycles. The van der Waals surface area contributed by atoms with Gasteiger partial charge < -0.3 is 15.2 Å². The van der Waals surface area contributed by atoms with E-state index in [4.69, 9.17) is 16.3 Å². The molecule has 0 saturated heterocycles. The van der Waals surface area contributed by atoms with Crippen LogP contribution >= 0.6 is 11.6 Å². The second-order valence-corrected chi connectivity index (χ2v) is 5.30. The van der Waals surface area contributed by atoms with E-state index in [0.717, 1.165) is 25.7 Å². The molecule has 2 rings (SSSR count). The van der Waals surface area contributed by atoms with Crippen LogP contribution in [0.4, 0.5) is 0 Å². The maximum Gasteiger partial charge on any atom is 0.255 e. The normalized spacial score (nSPS) is 22.8. The number of hydrogen-bond acceptors (Lipinski definition) is 3. The fourth-order valence-electron chi connectivity index (χ4n) is 2.36. The van der Waals surface area contributed by atoms with Crippen molar-refractivity contribution in [3.63, 3.8) is 0 Å². The smallest absolute Gasteiger partial charge is 0.255 e. The van der Waals surface area contributed by atoms with Crippen molar-refractivity contribution in [1.82, 2.24) is 5.32 Å². The molecule has 2 unspecified atom stereocenters. The highest BCUT2D eigenvalue weighted by Gasteiger charge is 2.26. The van der Waals surface area contributed by atoms with Crippen molar-refractivity contribution < 1.29 is 14.6 Å². The molecule has 2 N–H and O–H groups in total. The van der Waals surface area contributed by atoms with Crippen LogP contribution in [-0.2, 0) is 0 Å². The van der Waals surface area contributed by atoms with Gasteiger partial charge in [0, 0.05) is 6.04 Å². The van der Waals surface area contributed by atoms with Crippen molar-refractivity contribution in [2.45, 2.75) is 37.1 Å². The van der Waals surface area contributed by atoms with Crippen molar-refractivity contribution in [3.05, 3.63) is 23.8 Å². The van der Waals surface area contributed by atoms with E-state index in [9.17, 15) is 9.90 Å². The molecule has 104 valence electrons. The lowest BCUT2D eigenvalue weighted by molar-refractivity contribution is 0.0925. The standard InChI is InChI=1S/C14H18ClNO3/c1-19-12-8-4-5-9(13(12)17)14(18)16-11-7-3-2-6-10(11)15/h4-5,8,10-11,17H,2-3,6-7H2,1H3,(H,16,18). The third-order valence-corrected chi connectivity index (χ3v) is 3.98. The Morgan fingerprint density at radius 3 is 2.84 bits per heavy atom. The fraction of sp³-hybridized carbons (Fsp3) is 0.500. The Labute approximate surface area is 117 Å². The minimum atomic E-state index is -0.311. The van der Waals surface area contributed by atoms with Crippen LogP contribution < -0.4 is 10.1 Å². The monoisotopic (exact) mass is 283 g/mol. The number of phenols is 1. The molecule has 1 aromatic rings. The minimum Gasteiger partial charge on any atom is -0.504 e. The maximum atomic E-state index is 12.2. The number of carbonyl (C=O) groups excluding carboxylic acids is 1. The van der Waals surface area contributed by atoms with Gasteiger partial charge in [-0.3, -0.25) is 4.79 Å². The van der Waals surface area contributed by atoms with Crippen LogP contribution in [0.5, 0.6) is 11.5 Å². The number of para-hydroxylation sites is 1. The number of ether oxygens (including phenoxy) is 1. The van der Waals surface area contributed by atoms with Gasteiger partial charge in [0.25, 0.3) is 5.91 Å². The average Bonchev–Trinajstić information content (AvgIpc) is 2.41. The van der Waals surface area contributed by atoms with Crippen molar-refractivity contribution in [2.24, 2.45) is 0 Å². The van der Waals surface area contributed by atoms with E-state index in [1.807, 2.05) is 0 Å². The quantitative estimate of drug-likeness (QED) is 0.839. The molecule has 19 heavy (non-hydrogen) atoms. The van der Waals surface area contributed by atoms with Crippen LogP contribution in [0.15, 0.2) is 18.2 Å². The number of rotatable bonds is 3. The van der Waals surface area contributed by atoms with Crippen LogP contribution in [0, 0.1) is 0 Å². The summed E-state index contributed by atoms with van der Waals surface area (Å²) < 4.78 is 4.99. The Bertz CT molecular complexity index is 464. The number of nitrogens with one attached hydrogen (secondary N) is 1. The van der Waals surface area contributed by atoms with Crippen LogP contribution in [-0.4, -0.2) is 29.5 Å².